The monoisotopic (exact) mass is 460 g/mol. The summed E-state index contributed by atoms with van der Waals surface area (Å²) >= 11 is 2.42. The second kappa shape index (κ2) is 8.37. The van der Waals surface area contributed by atoms with E-state index in [9.17, 15) is 14.0 Å². The Morgan fingerprint density at radius 1 is 1.24 bits per heavy atom. The van der Waals surface area contributed by atoms with E-state index in [-0.39, 0.29) is 36.1 Å². The third kappa shape index (κ3) is 5.32. The maximum absolute atomic E-state index is 13.3. The average molecular weight is 460 g/mol. The molecule has 2 aliphatic carbocycles. The molecule has 2 fully saturated rings. The molecule has 2 aliphatic rings. The van der Waals surface area contributed by atoms with Crippen LogP contribution in [0.4, 0.5) is 10.3 Å². The number of alkyl halides is 2. The highest BCUT2D eigenvalue weighted by Gasteiger charge is 2.41. The molecular weight excluding hydrogens is 438 g/mol. The molecule has 2 amide bonds. The fourth-order valence-corrected chi connectivity index (χ4v) is 3.89. The highest BCUT2D eigenvalue weighted by atomic mass is 127. The summed E-state index contributed by atoms with van der Waals surface area (Å²) in [6.45, 7) is 0.234. The molecule has 6 nitrogen and oxygen atoms in total. The molecule has 0 radical (unpaired) electrons. The van der Waals surface area contributed by atoms with Gasteiger partial charge in [0.1, 0.15) is 6.17 Å². The molecule has 25 heavy (non-hydrogen) atoms. The Kier molecular flexibility index (Phi) is 6.19. The van der Waals surface area contributed by atoms with Gasteiger partial charge in [0.05, 0.1) is 6.54 Å². The van der Waals surface area contributed by atoms with Gasteiger partial charge >= 0.3 is 0 Å². The first kappa shape index (κ1) is 18.5. The molecule has 1 aromatic heterocycles. The minimum atomic E-state index is -0.846. The van der Waals surface area contributed by atoms with Gasteiger partial charge in [-0.05, 0) is 38.2 Å². The fraction of sp³-hybridized carbons (Fsp3) is 0.647. The van der Waals surface area contributed by atoms with E-state index < -0.39 is 6.17 Å². The van der Waals surface area contributed by atoms with Gasteiger partial charge in [-0.15, -0.1) is 0 Å². The number of carbonyl (C=O) groups is 2. The highest BCUT2D eigenvalue weighted by molar-refractivity contribution is 14.1. The SMILES string of the molecule is O=C(CN(CC1C[C@@H]1F)C(=O)C1CCC(I)CC1)Nc1ncccn1. The van der Waals surface area contributed by atoms with Crippen molar-refractivity contribution in [3.63, 3.8) is 0 Å². The number of hydrogen-bond acceptors (Lipinski definition) is 4. The van der Waals surface area contributed by atoms with Crippen molar-refractivity contribution in [2.75, 3.05) is 18.4 Å². The molecule has 0 spiro atoms. The van der Waals surface area contributed by atoms with E-state index in [1.165, 1.54) is 17.3 Å². The smallest absolute Gasteiger partial charge is 0.246 e. The van der Waals surface area contributed by atoms with Crippen LogP contribution in [0.2, 0.25) is 0 Å². The zero-order valence-electron chi connectivity index (χ0n) is 13.9. The minimum Gasteiger partial charge on any atom is -0.333 e. The van der Waals surface area contributed by atoms with Crippen LogP contribution in [0.5, 0.6) is 0 Å². The lowest BCUT2D eigenvalue weighted by Gasteiger charge is -2.30. The molecule has 0 aromatic carbocycles. The molecule has 1 N–H and O–H groups in total. The summed E-state index contributed by atoms with van der Waals surface area (Å²) in [5.74, 6) is -0.348. The lowest BCUT2D eigenvalue weighted by molar-refractivity contribution is -0.139. The van der Waals surface area contributed by atoms with Gasteiger partial charge in [0.2, 0.25) is 17.8 Å². The first-order valence-electron chi connectivity index (χ1n) is 8.66. The van der Waals surface area contributed by atoms with E-state index in [0.29, 0.717) is 16.9 Å². The Labute approximate surface area is 160 Å². The van der Waals surface area contributed by atoms with Crippen LogP contribution in [0, 0.1) is 11.8 Å². The largest absolute Gasteiger partial charge is 0.333 e. The molecule has 0 saturated heterocycles. The van der Waals surface area contributed by atoms with Crippen LogP contribution in [0.15, 0.2) is 18.5 Å². The number of aromatic nitrogens is 2. The zero-order valence-corrected chi connectivity index (χ0v) is 16.1. The first-order chi connectivity index (χ1) is 12.0. The van der Waals surface area contributed by atoms with Gasteiger partial charge in [-0.25, -0.2) is 14.4 Å². The Balaban J connectivity index is 1.60. The van der Waals surface area contributed by atoms with E-state index in [1.807, 2.05) is 0 Å². The number of carbonyl (C=O) groups excluding carboxylic acids is 2. The molecule has 8 heteroatoms. The van der Waals surface area contributed by atoms with Crippen molar-refractivity contribution < 1.29 is 14.0 Å². The molecule has 3 rings (SSSR count). The van der Waals surface area contributed by atoms with Gasteiger partial charge in [-0.1, -0.05) is 22.6 Å². The summed E-state index contributed by atoms with van der Waals surface area (Å²) in [5.41, 5.74) is 0. The Hall–Kier alpha value is -1.32. The second-order valence-electron chi connectivity index (χ2n) is 6.80. The number of nitrogens with zero attached hydrogens (tertiary/aromatic N) is 3. The van der Waals surface area contributed by atoms with Crippen LogP contribution < -0.4 is 5.32 Å². The molecule has 1 unspecified atom stereocenters. The van der Waals surface area contributed by atoms with Crippen molar-refractivity contribution in [1.29, 1.82) is 0 Å². The summed E-state index contributed by atoms with van der Waals surface area (Å²) in [6.07, 6.45) is 6.42. The third-order valence-electron chi connectivity index (χ3n) is 4.76. The van der Waals surface area contributed by atoms with E-state index >= 15 is 0 Å². The van der Waals surface area contributed by atoms with Gasteiger partial charge in [-0.3, -0.25) is 14.9 Å². The van der Waals surface area contributed by atoms with E-state index in [0.717, 1.165) is 25.7 Å². The number of nitrogens with one attached hydrogen (secondary N) is 1. The van der Waals surface area contributed by atoms with Crippen LogP contribution >= 0.6 is 22.6 Å². The van der Waals surface area contributed by atoms with Crippen molar-refractivity contribution in [2.45, 2.75) is 42.2 Å². The Bertz CT molecular complexity index is 610. The van der Waals surface area contributed by atoms with Crippen LogP contribution in [0.1, 0.15) is 32.1 Å². The lowest BCUT2D eigenvalue weighted by Crippen LogP contribution is -2.43. The quantitative estimate of drug-likeness (QED) is 0.523. The van der Waals surface area contributed by atoms with E-state index in [4.69, 9.17) is 0 Å². The van der Waals surface area contributed by atoms with Gasteiger partial charge in [0.15, 0.2) is 0 Å². The molecular formula is C17H22FIN4O2. The maximum Gasteiger partial charge on any atom is 0.246 e. The van der Waals surface area contributed by atoms with Crippen molar-refractivity contribution in [1.82, 2.24) is 14.9 Å². The van der Waals surface area contributed by atoms with Crippen molar-refractivity contribution >= 4 is 40.4 Å². The summed E-state index contributed by atoms with van der Waals surface area (Å²) in [4.78, 5) is 34.5. The predicted molar refractivity (Wildman–Crippen MR) is 100 cm³/mol. The van der Waals surface area contributed by atoms with Crippen molar-refractivity contribution in [3.05, 3.63) is 18.5 Å². The molecule has 0 aliphatic heterocycles. The van der Waals surface area contributed by atoms with Gasteiger partial charge in [0.25, 0.3) is 0 Å². The van der Waals surface area contributed by atoms with E-state index in [2.05, 4.69) is 37.9 Å². The summed E-state index contributed by atoms with van der Waals surface area (Å²) in [5, 5.41) is 2.59. The van der Waals surface area contributed by atoms with Crippen LogP contribution in [-0.4, -0.2) is 49.9 Å². The number of halogens is 2. The van der Waals surface area contributed by atoms with Crippen LogP contribution in [0.3, 0.4) is 0 Å². The molecule has 1 aromatic rings. The number of rotatable bonds is 6. The predicted octanol–water partition coefficient (Wildman–Crippen LogP) is 2.60. The highest BCUT2D eigenvalue weighted by Crippen LogP contribution is 2.36. The summed E-state index contributed by atoms with van der Waals surface area (Å²) in [6, 6.07) is 1.66. The normalized spacial score (nSPS) is 28.2. The number of anilines is 1. The standard InChI is InChI=1S/C17H22FIN4O2/c18-14-8-12(14)9-23(16(25)11-2-4-13(19)5-3-11)10-15(24)22-17-20-6-1-7-21-17/h1,6-7,11-14H,2-5,8-10H2,(H,20,21,22,24)/t11?,12?,13?,14-/m0/s1. The van der Waals surface area contributed by atoms with Gasteiger partial charge < -0.3 is 4.90 Å². The molecule has 1 heterocycles. The Morgan fingerprint density at radius 3 is 2.48 bits per heavy atom. The van der Waals surface area contributed by atoms with Gasteiger partial charge in [0, 0.05) is 34.7 Å². The summed E-state index contributed by atoms with van der Waals surface area (Å²) in [7, 11) is 0. The van der Waals surface area contributed by atoms with E-state index in [1.54, 1.807) is 6.07 Å². The minimum absolute atomic E-state index is 0.0217. The maximum atomic E-state index is 13.3. The molecule has 2 saturated carbocycles. The molecule has 0 bridgehead atoms. The zero-order chi connectivity index (χ0) is 17.8. The van der Waals surface area contributed by atoms with Crippen LogP contribution in [0.25, 0.3) is 0 Å². The van der Waals surface area contributed by atoms with Crippen LogP contribution in [-0.2, 0) is 9.59 Å². The second-order valence-corrected chi connectivity index (χ2v) is 8.56. The fourth-order valence-electron chi connectivity index (χ4n) is 3.17. The van der Waals surface area contributed by atoms with Gasteiger partial charge in [-0.2, -0.15) is 0 Å². The topological polar surface area (TPSA) is 75.2 Å². The first-order valence-corrected chi connectivity index (χ1v) is 9.91. The lowest BCUT2D eigenvalue weighted by atomic mass is 9.88. The van der Waals surface area contributed by atoms with Crippen molar-refractivity contribution in [3.8, 4) is 0 Å². The number of amides is 2. The summed E-state index contributed by atoms with van der Waals surface area (Å²) < 4.78 is 13.9. The number of hydrogen-bond donors (Lipinski definition) is 1. The average Bonchev–Trinajstić information content (AvgIpc) is 3.30. The molecule has 136 valence electrons. The third-order valence-corrected chi connectivity index (χ3v) is 6.01. The Morgan fingerprint density at radius 2 is 1.88 bits per heavy atom. The molecule has 2 atom stereocenters. The van der Waals surface area contributed by atoms with Crippen molar-refractivity contribution in [2.24, 2.45) is 11.8 Å².